The number of amides is 1. The molecule has 11 heteroatoms. The van der Waals surface area contributed by atoms with Crippen molar-refractivity contribution in [3.8, 4) is 17.3 Å². The van der Waals surface area contributed by atoms with E-state index in [2.05, 4.69) is 25.2 Å². The van der Waals surface area contributed by atoms with Gasteiger partial charge in [0, 0.05) is 56.2 Å². The minimum Gasteiger partial charge on any atom is -0.450 e. The second kappa shape index (κ2) is 10.5. The Morgan fingerprint density at radius 3 is 2.87 bits per heavy atom. The lowest BCUT2D eigenvalue weighted by Crippen LogP contribution is -2.36. The van der Waals surface area contributed by atoms with E-state index < -0.39 is 17.2 Å². The zero-order valence-corrected chi connectivity index (χ0v) is 21.3. The van der Waals surface area contributed by atoms with Crippen molar-refractivity contribution in [2.45, 2.75) is 24.2 Å². The van der Waals surface area contributed by atoms with Crippen LogP contribution in [-0.2, 0) is 6.42 Å². The van der Waals surface area contributed by atoms with Gasteiger partial charge < -0.3 is 15.0 Å². The summed E-state index contributed by atoms with van der Waals surface area (Å²) in [5, 5.41) is 2.92. The van der Waals surface area contributed by atoms with Crippen molar-refractivity contribution < 1.29 is 13.9 Å². The lowest BCUT2D eigenvalue weighted by molar-refractivity contribution is 0.0948. The molecule has 0 bridgehead atoms. The summed E-state index contributed by atoms with van der Waals surface area (Å²) in [7, 11) is 0. The number of rotatable bonds is 8. The number of nitrogens with zero attached hydrogens (tertiary/aromatic N) is 5. The molecule has 2 aliphatic rings. The van der Waals surface area contributed by atoms with E-state index in [0.717, 1.165) is 38.2 Å². The van der Waals surface area contributed by atoms with Crippen LogP contribution in [0.15, 0.2) is 58.9 Å². The number of carbonyl (C=O) groups is 1. The highest BCUT2D eigenvalue weighted by molar-refractivity contribution is 7.99. The van der Waals surface area contributed by atoms with Crippen molar-refractivity contribution in [1.29, 1.82) is 0 Å². The molecule has 2 aliphatic heterocycles. The first-order valence-corrected chi connectivity index (χ1v) is 13.5. The van der Waals surface area contributed by atoms with Crippen LogP contribution in [0, 0.1) is 5.82 Å². The molecule has 6 rings (SSSR count). The third kappa shape index (κ3) is 4.63. The Morgan fingerprint density at radius 2 is 2.05 bits per heavy atom. The van der Waals surface area contributed by atoms with Crippen LogP contribution >= 0.6 is 11.8 Å². The molecule has 1 saturated heterocycles. The molecule has 3 aromatic heterocycles. The van der Waals surface area contributed by atoms with Crippen molar-refractivity contribution >= 4 is 28.6 Å². The number of thioether (sulfide) groups is 1. The van der Waals surface area contributed by atoms with Crippen LogP contribution in [0.1, 0.15) is 28.9 Å². The number of ether oxygens (including phenoxy) is 1. The monoisotopic (exact) mass is 532 g/mol. The normalized spacial score (nSPS) is 14.3. The Balaban J connectivity index is 1.37. The van der Waals surface area contributed by atoms with E-state index in [1.807, 2.05) is 0 Å². The van der Waals surface area contributed by atoms with Crippen LogP contribution in [-0.4, -0.2) is 62.3 Å². The van der Waals surface area contributed by atoms with E-state index >= 15 is 4.39 Å². The van der Waals surface area contributed by atoms with Crippen molar-refractivity contribution in [2.24, 2.45) is 0 Å². The summed E-state index contributed by atoms with van der Waals surface area (Å²) in [5.41, 5.74) is 0.570. The number of aromatic nitrogens is 4. The summed E-state index contributed by atoms with van der Waals surface area (Å²) in [4.78, 5) is 41.9. The van der Waals surface area contributed by atoms with Crippen LogP contribution in [0.25, 0.3) is 16.7 Å². The second-order valence-electron chi connectivity index (χ2n) is 9.18. The lowest BCUT2D eigenvalue weighted by atomic mass is 10.1. The van der Waals surface area contributed by atoms with Crippen LogP contribution in [0.3, 0.4) is 0 Å². The van der Waals surface area contributed by atoms with Gasteiger partial charge in [-0.3, -0.25) is 24.1 Å². The van der Waals surface area contributed by atoms with Crippen LogP contribution in [0.5, 0.6) is 11.5 Å². The van der Waals surface area contributed by atoms with Gasteiger partial charge in [0.15, 0.2) is 17.3 Å². The standard InChI is InChI=1S/C27H25FN6O3S/c28-20-14-18-22-24(25(20)38-13-5-17-15-29-7-8-30-17)37-21-4-3-6-31-26(21)34(22)16-19(23(18)35)27(36)32-9-12-33-10-1-2-11-33/h3-4,6-8,14-16H,1-2,5,9-13H2,(H,32,36). The highest BCUT2D eigenvalue weighted by atomic mass is 32.2. The molecular formula is C27H25FN6O3S. The van der Waals surface area contributed by atoms with Gasteiger partial charge in [-0.05, 0) is 44.1 Å². The van der Waals surface area contributed by atoms with Gasteiger partial charge in [0.2, 0.25) is 5.43 Å². The Morgan fingerprint density at radius 1 is 1.18 bits per heavy atom. The fourth-order valence-corrected chi connectivity index (χ4v) is 5.85. The molecule has 1 N–H and O–H groups in total. The maximum atomic E-state index is 15.5. The van der Waals surface area contributed by atoms with Gasteiger partial charge in [0.25, 0.3) is 5.91 Å². The average Bonchev–Trinajstić information content (AvgIpc) is 3.45. The van der Waals surface area contributed by atoms with E-state index in [4.69, 9.17) is 4.74 Å². The number of pyridine rings is 2. The van der Waals surface area contributed by atoms with E-state index in [1.165, 1.54) is 24.0 Å². The third-order valence-corrected chi connectivity index (χ3v) is 7.80. The van der Waals surface area contributed by atoms with Crippen LogP contribution in [0.2, 0.25) is 0 Å². The first-order valence-electron chi connectivity index (χ1n) is 12.5. The zero-order valence-electron chi connectivity index (χ0n) is 20.5. The lowest BCUT2D eigenvalue weighted by Gasteiger charge is -2.25. The highest BCUT2D eigenvalue weighted by Crippen LogP contribution is 2.45. The SMILES string of the molecule is O=C(NCCN1CCCC1)c1cn2c3c(c(SCCc4cnccn4)c(F)cc3c1=O)Oc1cccnc1-2. The van der Waals surface area contributed by atoms with E-state index in [9.17, 15) is 9.59 Å². The Bertz CT molecular complexity index is 1570. The molecule has 0 radical (unpaired) electrons. The molecule has 1 fully saturated rings. The quantitative estimate of drug-likeness (QED) is 0.303. The second-order valence-corrected chi connectivity index (χ2v) is 10.3. The summed E-state index contributed by atoms with van der Waals surface area (Å²) < 4.78 is 23.3. The zero-order chi connectivity index (χ0) is 26.1. The van der Waals surface area contributed by atoms with Gasteiger partial charge >= 0.3 is 0 Å². The maximum absolute atomic E-state index is 15.5. The molecule has 1 aromatic carbocycles. The molecule has 38 heavy (non-hydrogen) atoms. The predicted octanol–water partition coefficient (Wildman–Crippen LogP) is 3.58. The summed E-state index contributed by atoms with van der Waals surface area (Å²) >= 11 is 1.28. The number of nitrogens with one attached hydrogen (secondary N) is 1. The van der Waals surface area contributed by atoms with Gasteiger partial charge in [0.1, 0.15) is 16.9 Å². The van der Waals surface area contributed by atoms with E-state index in [-0.39, 0.29) is 21.6 Å². The molecule has 4 aromatic rings. The van der Waals surface area contributed by atoms with Crippen LogP contribution < -0.4 is 15.5 Å². The van der Waals surface area contributed by atoms with E-state index in [1.54, 1.807) is 41.5 Å². The van der Waals surface area contributed by atoms with E-state index in [0.29, 0.717) is 35.8 Å². The molecule has 0 unspecified atom stereocenters. The Labute approximate surface area is 222 Å². The number of hydrogen-bond donors (Lipinski definition) is 1. The average molecular weight is 533 g/mol. The van der Waals surface area contributed by atoms with Crippen molar-refractivity contribution in [3.63, 3.8) is 0 Å². The van der Waals surface area contributed by atoms with Gasteiger partial charge in [-0.25, -0.2) is 9.37 Å². The molecule has 9 nitrogen and oxygen atoms in total. The number of halogens is 1. The summed E-state index contributed by atoms with van der Waals surface area (Å²) in [6.45, 7) is 3.18. The van der Waals surface area contributed by atoms with Gasteiger partial charge in [0.05, 0.1) is 16.0 Å². The minimum absolute atomic E-state index is 0.0640. The number of carbonyl (C=O) groups excluding carboxylic acids is 1. The third-order valence-electron chi connectivity index (χ3n) is 6.72. The maximum Gasteiger partial charge on any atom is 0.256 e. The molecular weight excluding hydrogens is 507 g/mol. The minimum atomic E-state index is -0.584. The highest BCUT2D eigenvalue weighted by Gasteiger charge is 2.29. The summed E-state index contributed by atoms with van der Waals surface area (Å²) in [6, 6.07) is 4.64. The smallest absolute Gasteiger partial charge is 0.256 e. The first kappa shape index (κ1) is 24.5. The topological polar surface area (TPSA) is 102 Å². The number of aryl methyl sites for hydroxylation is 1. The number of hydrogen-bond acceptors (Lipinski definition) is 8. The van der Waals surface area contributed by atoms with Crippen molar-refractivity contribution in [3.05, 3.63) is 76.5 Å². The first-order chi connectivity index (χ1) is 18.6. The van der Waals surface area contributed by atoms with Crippen molar-refractivity contribution in [2.75, 3.05) is 31.9 Å². The molecule has 5 heterocycles. The Hall–Kier alpha value is -3.83. The molecule has 0 aliphatic carbocycles. The fourth-order valence-electron chi connectivity index (χ4n) is 4.87. The van der Waals surface area contributed by atoms with Gasteiger partial charge in [-0.2, -0.15) is 0 Å². The molecule has 194 valence electrons. The molecule has 0 atom stereocenters. The number of fused-ring (bicyclic) bond motifs is 2. The van der Waals surface area contributed by atoms with Crippen LogP contribution in [0.4, 0.5) is 4.39 Å². The molecule has 1 amide bonds. The number of benzene rings is 1. The number of likely N-dealkylation sites (tertiary alicyclic amines) is 1. The Kier molecular flexibility index (Phi) is 6.77. The van der Waals surface area contributed by atoms with Gasteiger partial charge in [-0.1, -0.05) is 0 Å². The largest absolute Gasteiger partial charge is 0.450 e. The fraction of sp³-hybridized carbons (Fsp3) is 0.296. The van der Waals surface area contributed by atoms with Gasteiger partial charge in [-0.15, -0.1) is 11.8 Å². The summed E-state index contributed by atoms with van der Waals surface area (Å²) in [5.74, 6) is 0.527. The summed E-state index contributed by atoms with van der Waals surface area (Å²) in [6.07, 6.45) is 10.9. The predicted molar refractivity (Wildman–Crippen MR) is 142 cm³/mol. The molecule has 0 saturated carbocycles. The molecule has 0 spiro atoms. The van der Waals surface area contributed by atoms with Crippen molar-refractivity contribution in [1.82, 2.24) is 29.7 Å².